The monoisotopic (exact) mass is 626 g/mol. The Labute approximate surface area is 280 Å². The van der Waals surface area contributed by atoms with E-state index in [-0.39, 0.29) is 5.91 Å². The van der Waals surface area contributed by atoms with Gasteiger partial charge in [-0.05, 0) is 83.8 Å². The molecule has 46 heavy (non-hydrogen) atoms. The van der Waals surface area contributed by atoms with Gasteiger partial charge in [0, 0.05) is 56.2 Å². The van der Waals surface area contributed by atoms with E-state index < -0.39 is 0 Å². The number of benzene rings is 1. The van der Waals surface area contributed by atoms with Crippen molar-refractivity contribution in [1.29, 1.82) is 0 Å². The van der Waals surface area contributed by atoms with Gasteiger partial charge < -0.3 is 19.3 Å². The third-order valence-corrected chi connectivity index (χ3v) is 5.66. The number of allylic oxidation sites excluding steroid dienone is 2. The molecule has 0 saturated carbocycles. The molecule has 5 rings (SSSR count). The number of carbonyl (C=O) groups is 1. The molecule has 2 aliphatic rings. The summed E-state index contributed by atoms with van der Waals surface area (Å²) in [7, 11) is 6.00. The van der Waals surface area contributed by atoms with Crippen LogP contribution in [-0.2, 0) is 4.79 Å². The number of imidazole rings is 1. The van der Waals surface area contributed by atoms with Gasteiger partial charge in [-0.2, -0.15) is 0 Å². The molecule has 0 spiro atoms. The van der Waals surface area contributed by atoms with Gasteiger partial charge in [0.25, 0.3) is 0 Å². The van der Waals surface area contributed by atoms with Crippen molar-refractivity contribution in [3.8, 4) is 0 Å². The highest BCUT2D eigenvalue weighted by Crippen LogP contribution is 2.17. The summed E-state index contributed by atoms with van der Waals surface area (Å²) in [6, 6.07) is 15.7. The molecule has 1 amide bonds. The Kier molecular flexibility index (Phi) is 29.9. The zero-order valence-electron chi connectivity index (χ0n) is 28.9. The van der Waals surface area contributed by atoms with Crippen molar-refractivity contribution < 1.29 is 4.79 Å². The molecule has 3 aromatic rings. The maximum atomic E-state index is 10.7. The Balaban J connectivity index is 0. The van der Waals surface area contributed by atoms with E-state index in [2.05, 4.69) is 54.3 Å². The molecule has 0 N–H and O–H groups in total. The van der Waals surface area contributed by atoms with E-state index in [1.165, 1.54) is 30.5 Å². The fourth-order valence-corrected chi connectivity index (χ4v) is 3.45. The standard InChI is InChI=1S/C9H15N.C8H8.C6H9NO.C5H6N2.C5H5N.C3H9N.C3H6/c1-3-10-8-6-4-5-7-9(10)2;1-2-8-6-4-3-5-7-8;1-2-7-5-3-4-6(7)8;1-2-7-4-3-6-5-7;1-2-4-6-5-3-1;1-4(2)3;1-3-2/h3H,1-2,4-8H2;2-7H,1H2;2H,1,3-5H2;2-5H,1H2;1-5H;1-3H3;3H,1H2,2H3. The first kappa shape index (κ1) is 43.4. The van der Waals surface area contributed by atoms with Gasteiger partial charge in [-0.3, -0.25) is 9.78 Å². The lowest BCUT2D eigenvalue weighted by Gasteiger charge is -2.18. The zero-order chi connectivity index (χ0) is 34.8. The Hall–Kier alpha value is -4.75. The lowest BCUT2D eigenvalue weighted by atomic mass is 10.2. The summed E-state index contributed by atoms with van der Waals surface area (Å²) in [4.78, 5) is 24.0. The number of pyridine rings is 1. The van der Waals surface area contributed by atoms with Crippen molar-refractivity contribution in [3.63, 3.8) is 0 Å². The number of aromatic nitrogens is 3. The van der Waals surface area contributed by atoms with Crippen LogP contribution in [0.3, 0.4) is 0 Å². The van der Waals surface area contributed by atoms with Gasteiger partial charge in [0.15, 0.2) is 0 Å². The summed E-state index contributed by atoms with van der Waals surface area (Å²) >= 11 is 0. The van der Waals surface area contributed by atoms with E-state index in [9.17, 15) is 4.79 Å². The van der Waals surface area contributed by atoms with Gasteiger partial charge in [-0.15, -0.1) is 6.58 Å². The van der Waals surface area contributed by atoms with Gasteiger partial charge in [0.2, 0.25) is 5.91 Å². The molecule has 2 aliphatic heterocycles. The summed E-state index contributed by atoms with van der Waals surface area (Å²) in [5, 5.41) is 0. The minimum absolute atomic E-state index is 0.208. The van der Waals surface area contributed by atoms with Gasteiger partial charge in [0.1, 0.15) is 0 Å². The Morgan fingerprint density at radius 1 is 0.717 bits per heavy atom. The first-order valence-corrected chi connectivity index (χ1v) is 15.5. The van der Waals surface area contributed by atoms with Crippen molar-refractivity contribution >= 4 is 18.2 Å². The number of amides is 1. The molecule has 0 bridgehead atoms. The predicted octanol–water partition coefficient (Wildman–Crippen LogP) is 9.04. The highest BCUT2D eigenvalue weighted by molar-refractivity contribution is 5.78. The van der Waals surface area contributed by atoms with Gasteiger partial charge in [0.05, 0.1) is 6.33 Å². The summed E-state index contributed by atoms with van der Waals surface area (Å²) in [5.41, 5.74) is 2.40. The number of nitrogens with zero attached hydrogens (tertiary/aromatic N) is 6. The molecular formula is C39H58N6O. The summed E-state index contributed by atoms with van der Waals surface area (Å²) < 4.78 is 1.78. The van der Waals surface area contributed by atoms with Crippen molar-refractivity contribution in [2.24, 2.45) is 0 Å². The fraction of sp³-hybridized carbons (Fsp3) is 0.308. The summed E-state index contributed by atoms with van der Waals surface area (Å²) in [5.74, 6) is 0.208. The van der Waals surface area contributed by atoms with Crippen LogP contribution in [0, 0.1) is 0 Å². The molecule has 7 nitrogen and oxygen atoms in total. The normalized spacial score (nSPS) is 12.7. The Bertz CT molecular complexity index is 1140. The SMILES string of the molecule is C=CC.C=CN1CCCC1=O.C=CN1CCCCCC1=C.C=Cc1ccccc1.C=Cn1ccnc1.CN(C)C.c1ccncc1. The molecule has 2 aromatic heterocycles. The highest BCUT2D eigenvalue weighted by atomic mass is 16.2. The second-order valence-corrected chi connectivity index (χ2v) is 10.2. The third-order valence-electron chi connectivity index (χ3n) is 5.66. The van der Waals surface area contributed by atoms with E-state index >= 15 is 0 Å². The summed E-state index contributed by atoms with van der Waals surface area (Å²) in [6.07, 6.45) is 24.2. The van der Waals surface area contributed by atoms with Crippen LogP contribution in [0.4, 0.5) is 0 Å². The van der Waals surface area contributed by atoms with Crippen LogP contribution < -0.4 is 0 Å². The first-order valence-electron chi connectivity index (χ1n) is 15.5. The average molecular weight is 627 g/mol. The Morgan fingerprint density at radius 2 is 1.28 bits per heavy atom. The quantitative estimate of drug-likeness (QED) is 0.271. The molecule has 2 saturated heterocycles. The van der Waals surface area contributed by atoms with E-state index in [0.29, 0.717) is 6.42 Å². The lowest BCUT2D eigenvalue weighted by molar-refractivity contribution is -0.125. The topological polar surface area (TPSA) is 57.5 Å². The first-order chi connectivity index (χ1) is 22.2. The van der Waals surface area contributed by atoms with Crippen molar-refractivity contribution in [2.75, 3.05) is 34.2 Å². The molecule has 1 aromatic carbocycles. The number of likely N-dealkylation sites (tertiary alicyclic amines) is 2. The second kappa shape index (κ2) is 31.7. The van der Waals surface area contributed by atoms with Crippen LogP contribution in [-0.4, -0.2) is 69.4 Å². The van der Waals surface area contributed by atoms with E-state index in [1.807, 2.05) is 100.0 Å². The number of carbonyl (C=O) groups excluding carboxylic acids is 1. The van der Waals surface area contributed by atoms with E-state index in [0.717, 1.165) is 25.9 Å². The van der Waals surface area contributed by atoms with Crippen molar-refractivity contribution in [1.82, 2.24) is 29.2 Å². The van der Waals surface area contributed by atoms with Crippen LogP contribution in [0.15, 0.2) is 143 Å². The fourth-order valence-electron chi connectivity index (χ4n) is 3.45. The highest BCUT2D eigenvalue weighted by Gasteiger charge is 2.16. The van der Waals surface area contributed by atoms with Crippen LogP contribution in [0.1, 0.15) is 51.0 Å². The lowest BCUT2D eigenvalue weighted by Crippen LogP contribution is -2.16. The molecule has 0 aliphatic carbocycles. The van der Waals surface area contributed by atoms with Gasteiger partial charge >= 0.3 is 0 Å². The molecule has 0 atom stereocenters. The molecular weight excluding hydrogens is 568 g/mol. The maximum absolute atomic E-state index is 10.7. The van der Waals surface area contributed by atoms with E-state index in [4.69, 9.17) is 0 Å². The number of hydrogen-bond donors (Lipinski definition) is 0. The molecule has 7 heteroatoms. The summed E-state index contributed by atoms with van der Waals surface area (Å²) in [6.45, 7) is 25.6. The third kappa shape index (κ3) is 26.8. The Morgan fingerprint density at radius 3 is 1.61 bits per heavy atom. The average Bonchev–Trinajstić information content (AvgIpc) is 3.72. The number of hydrogen-bond acceptors (Lipinski definition) is 5. The minimum atomic E-state index is 0.208. The van der Waals surface area contributed by atoms with E-state index in [1.54, 1.807) is 52.9 Å². The van der Waals surface area contributed by atoms with Crippen LogP contribution >= 0.6 is 0 Å². The van der Waals surface area contributed by atoms with Crippen LogP contribution in [0.2, 0.25) is 0 Å². The minimum Gasteiger partial charge on any atom is -0.353 e. The largest absolute Gasteiger partial charge is 0.353 e. The van der Waals surface area contributed by atoms with Gasteiger partial charge in [-0.25, -0.2) is 4.98 Å². The maximum Gasteiger partial charge on any atom is 0.226 e. The molecule has 0 unspecified atom stereocenters. The molecule has 2 fully saturated rings. The van der Waals surface area contributed by atoms with Crippen LogP contribution in [0.5, 0.6) is 0 Å². The van der Waals surface area contributed by atoms with Crippen molar-refractivity contribution in [3.05, 3.63) is 149 Å². The molecule has 250 valence electrons. The van der Waals surface area contributed by atoms with Gasteiger partial charge in [-0.1, -0.05) is 87.9 Å². The van der Waals surface area contributed by atoms with Crippen LogP contribution in [0.25, 0.3) is 12.3 Å². The predicted molar refractivity (Wildman–Crippen MR) is 201 cm³/mol. The zero-order valence-corrected chi connectivity index (χ0v) is 28.9. The molecule has 4 heterocycles. The van der Waals surface area contributed by atoms with Crippen molar-refractivity contribution in [2.45, 2.75) is 45.4 Å². The smallest absolute Gasteiger partial charge is 0.226 e. The molecule has 0 radical (unpaired) electrons. The second-order valence-electron chi connectivity index (χ2n) is 10.2. The number of rotatable bonds is 4.